The first kappa shape index (κ1) is 15.8. The molecule has 114 valence electrons. The molecule has 1 aromatic carbocycles. The van der Waals surface area contributed by atoms with Crippen LogP contribution >= 0.6 is 11.6 Å². The third kappa shape index (κ3) is 3.04. The van der Waals surface area contributed by atoms with Crippen molar-refractivity contribution in [1.82, 2.24) is 5.32 Å². The fourth-order valence-corrected chi connectivity index (χ4v) is 2.86. The Bertz CT molecular complexity index is 576. The topological polar surface area (TPSA) is 84.2 Å². The first-order valence-electron chi connectivity index (χ1n) is 6.97. The average Bonchev–Trinajstić information content (AvgIpc) is 2.81. The zero-order valence-corrected chi connectivity index (χ0v) is 13.0. The molecule has 2 unspecified atom stereocenters. The second-order valence-electron chi connectivity index (χ2n) is 5.64. The van der Waals surface area contributed by atoms with Crippen molar-refractivity contribution in [2.45, 2.75) is 32.2 Å². The van der Waals surface area contributed by atoms with E-state index in [4.69, 9.17) is 17.3 Å². The van der Waals surface area contributed by atoms with Crippen LogP contribution in [0.1, 0.15) is 36.5 Å². The number of amides is 2. The van der Waals surface area contributed by atoms with Gasteiger partial charge in [0.1, 0.15) is 0 Å². The summed E-state index contributed by atoms with van der Waals surface area (Å²) in [5, 5.41) is 5.70. The Morgan fingerprint density at radius 3 is 2.71 bits per heavy atom. The molecule has 0 heterocycles. The molecule has 4 N–H and O–H groups in total. The van der Waals surface area contributed by atoms with Crippen LogP contribution in [0.3, 0.4) is 0 Å². The van der Waals surface area contributed by atoms with Crippen molar-refractivity contribution in [2.24, 2.45) is 11.1 Å². The lowest BCUT2D eigenvalue weighted by Gasteiger charge is -2.27. The van der Waals surface area contributed by atoms with Crippen LogP contribution in [0.25, 0.3) is 0 Å². The normalized spacial score (nSPS) is 24.7. The van der Waals surface area contributed by atoms with Gasteiger partial charge in [-0.2, -0.15) is 0 Å². The highest BCUT2D eigenvalue weighted by atomic mass is 35.5. The summed E-state index contributed by atoms with van der Waals surface area (Å²) >= 11 is 5.99. The van der Waals surface area contributed by atoms with Gasteiger partial charge in [0.2, 0.25) is 5.91 Å². The number of carbonyl (C=O) groups excluding carboxylic acids is 2. The Kier molecular flexibility index (Phi) is 4.54. The molecule has 0 saturated heterocycles. The highest BCUT2D eigenvalue weighted by Crippen LogP contribution is 2.37. The number of nitrogens with one attached hydrogen (secondary N) is 2. The number of hydrogen-bond acceptors (Lipinski definition) is 3. The van der Waals surface area contributed by atoms with Crippen LogP contribution < -0.4 is 16.4 Å². The number of anilines is 1. The van der Waals surface area contributed by atoms with Crippen molar-refractivity contribution in [2.75, 3.05) is 12.4 Å². The highest BCUT2D eigenvalue weighted by molar-refractivity contribution is 6.34. The van der Waals surface area contributed by atoms with Crippen LogP contribution in [0.5, 0.6) is 0 Å². The number of halogens is 1. The number of rotatable bonds is 3. The van der Waals surface area contributed by atoms with E-state index in [2.05, 4.69) is 10.6 Å². The van der Waals surface area contributed by atoms with Gasteiger partial charge in [0.25, 0.3) is 5.91 Å². The van der Waals surface area contributed by atoms with E-state index in [1.165, 1.54) is 7.05 Å². The summed E-state index contributed by atoms with van der Waals surface area (Å²) in [7, 11) is 1.53. The molecule has 5 nitrogen and oxygen atoms in total. The minimum Gasteiger partial charge on any atom is -0.355 e. The van der Waals surface area contributed by atoms with Crippen LogP contribution in [0.2, 0.25) is 5.02 Å². The van der Waals surface area contributed by atoms with Gasteiger partial charge < -0.3 is 16.4 Å². The fourth-order valence-electron chi connectivity index (χ4n) is 2.66. The fraction of sp³-hybridized carbons (Fsp3) is 0.467. The van der Waals surface area contributed by atoms with Gasteiger partial charge in [0.05, 0.1) is 16.0 Å². The van der Waals surface area contributed by atoms with Crippen LogP contribution in [-0.2, 0) is 4.79 Å². The van der Waals surface area contributed by atoms with Crippen molar-refractivity contribution >= 4 is 29.1 Å². The molecule has 1 aliphatic rings. The Morgan fingerprint density at radius 1 is 1.43 bits per heavy atom. The molecule has 1 fully saturated rings. The summed E-state index contributed by atoms with van der Waals surface area (Å²) in [6, 6.07) is 4.71. The summed E-state index contributed by atoms with van der Waals surface area (Å²) < 4.78 is 0. The van der Waals surface area contributed by atoms with E-state index in [9.17, 15) is 9.59 Å². The Balaban J connectivity index is 2.20. The molecular weight excluding hydrogens is 290 g/mol. The lowest BCUT2D eigenvalue weighted by molar-refractivity contribution is -0.125. The Hall–Kier alpha value is -1.59. The molecule has 2 atom stereocenters. The third-order valence-electron chi connectivity index (χ3n) is 4.24. The molecule has 0 aromatic heterocycles. The SMILES string of the molecule is CNC(=O)c1cc(NC(=O)C2(C)CCCC2N)ccc1Cl. The second-order valence-corrected chi connectivity index (χ2v) is 6.05. The van der Waals surface area contributed by atoms with Crippen molar-refractivity contribution in [3.8, 4) is 0 Å². The average molecular weight is 310 g/mol. The maximum Gasteiger partial charge on any atom is 0.252 e. The van der Waals surface area contributed by atoms with E-state index in [1.54, 1.807) is 18.2 Å². The summed E-state index contributed by atoms with van der Waals surface area (Å²) in [5.41, 5.74) is 6.36. The molecule has 0 bridgehead atoms. The third-order valence-corrected chi connectivity index (χ3v) is 4.57. The van der Waals surface area contributed by atoms with E-state index < -0.39 is 5.41 Å². The quantitative estimate of drug-likeness (QED) is 0.800. The zero-order chi connectivity index (χ0) is 15.6. The summed E-state index contributed by atoms with van der Waals surface area (Å²) in [6.45, 7) is 1.88. The van der Waals surface area contributed by atoms with Gasteiger partial charge in [-0.05, 0) is 38.0 Å². The molecule has 2 amide bonds. The van der Waals surface area contributed by atoms with Gasteiger partial charge in [0, 0.05) is 18.8 Å². The standard InChI is InChI=1S/C15H20ClN3O2/c1-15(7-3-4-12(15)17)14(21)19-9-5-6-11(16)10(8-9)13(20)18-2/h5-6,8,12H,3-4,7,17H2,1-2H3,(H,18,20)(H,19,21). The predicted octanol–water partition coefficient (Wildman–Crippen LogP) is 2.16. The van der Waals surface area contributed by atoms with Crippen molar-refractivity contribution in [1.29, 1.82) is 0 Å². The largest absolute Gasteiger partial charge is 0.355 e. The first-order chi connectivity index (χ1) is 9.88. The highest BCUT2D eigenvalue weighted by Gasteiger charge is 2.42. The lowest BCUT2D eigenvalue weighted by atomic mass is 9.84. The summed E-state index contributed by atoms with van der Waals surface area (Å²) in [6.07, 6.45) is 2.58. The molecule has 1 aromatic rings. The van der Waals surface area contributed by atoms with Gasteiger partial charge in [-0.25, -0.2) is 0 Å². The van der Waals surface area contributed by atoms with Crippen molar-refractivity contribution in [3.05, 3.63) is 28.8 Å². The molecule has 0 radical (unpaired) electrons. The maximum atomic E-state index is 12.5. The number of nitrogens with two attached hydrogens (primary N) is 1. The van der Waals surface area contributed by atoms with Crippen LogP contribution in [-0.4, -0.2) is 24.9 Å². The Morgan fingerprint density at radius 2 is 2.14 bits per heavy atom. The maximum absolute atomic E-state index is 12.5. The van der Waals surface area contributed by atoms with Crippen LogP contribution in [0, 0.1) is 5.41 Å². The van der Waals surface area contributed by atoms with Crippen LogP contribution in [0.15, 0.2) is 18.2 Å². The van der Waals surface area contributed by atoms with E-state index in [0.29, 0.717) is 16.3 Å². The first-order valence-corrected chi connectivity index (χ1v) is 7.35. The van der Waals surface area contributed by atoms with E-state index in [0.717, 1.165) is 19.3 Å². The van der Waals surface area contributed by atoms with Gasteiger partial charge in [-0.1, -0.05) is 18.0 Å². The minimum atomic E-state index is -0.563. The van der Waals surface area contributed by atoms with Gasteiger partial charge in [-0.15, -0.1) is 0 Å². The number of hydrogen-bond donors (Lipinski definition) is 3. The number of benzene rings is 1. The van der Waals surface area contributed by atoms with E-state index in [-0.39, 0.29) is 17.9 Å². The molecule has 0 aliphatic heterocycles. The van der Waals surface area contributed by atoms with Gasteiger partial charge in [0.15, 0.2) is 0 Å². The van der Waals surface area contributed by atoms with Crippen molar-refractivity contribution in [3.63, 3.8) is 0 Å². The smallest absolute Gasteiger partial charge is 0.252 e. The molecule has 2 rings (SSSR count). The van der Waals surface area contributed by atoms with Gasteiger partial charge in [-0.3, -0.25) is 9.59 Å². The molecule has 0 spiro atoms. The molecule has 1 saturated carbocycles. The van der Waals surface area contributed by atoms with E-state index >= 15 is 0 Å². The monoisotopic (exact) mass is 309 g/mol. The summed E-state index contributed by atoms with van der Waals surface area (Å²) in [5.74, 6) is -0.405. The molecule has 1 aliphatic carbocycles. The molecule has 21 heavy (non-hydrogen) atoms. The Labute approximate surface area is 129 Å². The van der Waals surface area contributed by atoms with Crippen molar-refractivity contribution < 1.29 is 9.59 Å². The predicted molar refractivity (Wildman–Crippen MR) is 83.4 cm³/mol. The lowest BCUT2D eigenvalue weighted by Crippen LogP contribution is -2.44. The minimum absolute atomic E-state index is 0.113. The summed E-state index contributed by atoms with van der Waals surface area (Å²) in [4.78, 5) is 24.2. The molecule has 6 heteroatoms. The zero-order valence-electron chi connectivity index (χ0n) is 12.2. The number of carbonyl (C=O) groups is 2. The van der Waals surface area contributed by atoms with Crippen LogP contribution in [0.4, 0.5) is 5.69 Å². The van der Waals surface area contributed by atoms with Gasteiger partial charge >= 0.3 is 0 Å². The van der Waals surface area contributed by atoms with E-state index in [1.807, 2.05) is 6.92 Å². The second kappa shape index (κ2) is 6.03. The molecular formula is C15H20ClN3O2.